The third-order valence-corrected chi connectivity index (χ3v) is 5.51. The number of ether oxygens (including phenoxy) is 2. The highest BCUT2D eigenvalue weighted by molar-refractivity contribution is 7.17. The first-order valence-corrected chi connectivity index (χ1v) is 9.70. The molecule has 1 N–H and O–H groups in total. The quantitative estimate of drug-likeness (QED) is 0.606. The molecule has 27 heavy (non-hydrogen) atoms. The number of hydrogen-bond acceptors (Lipinski definition) is 7. The lowest BCUT2D eigenvalue weighted by Gasteiger charge is -2.31. The van der Waals surface area contributed by atoms with Gasteiger partial charge in [-0.15, -0.1) is 5.10 Å². The Morgan fingerprint density at radius 1 is 1.19 bits per heavy atom. The molecule has 0 aliphatic heterocycles. The first kappa shape index (κ1) is 19.8. The van der Waals surface area contributed by atoms with Gasteiger partial charge in [0.1, 0.15) is 5.82 Å². The molecule has 0 spiro atoms. The average molecular weight is 391 g/mol. The Labute approximate surface area is 163 Å². The van der Waals surface area contributed by atoms with Crippen molar-refractivity contribution in [3.8, 4) is 5.88 Å². The van der Waals surface area contributed by atoms with Crippen LogP contribution in [0.5, 0.6) is 5.88 Å². The van der Waals surface area contributed by atoms with E-state index in [0.29, 0.717) is 37.1 Å². The molecule has 0 bridgehead atoms. The van der Waals surface area contributed by atoms with Gasteiger partial charge < -0.3 is 14.6 Å². The molecule has 2 aromatic heterocycles. The summed E-state index contributed by atoms with van der Waals surface area (Å²) >= 11 is 1.46. The van der Waals surface area contributed by atoms with Crippen LogP contribution < -0.4 is 0 Å². The first-order chi connectivity index (χ1) is 13.0. The van der Waals surface area contributed by atoms with E-state index in [4.69, 9.17) is 9.47 Å². The Morgan fingerprint density at radius 2 is 1.89 bits per heavy atom. The second-order valence-corrected chi connectivity index (χ2v) is 7.49. The van der Waals surface area contributed by atoms with E-state index in [9.17, 15) is 5.11 Å². The van der Waals surface area contributed by atoms with E-state index < -0.39 is 0 Å². The maximum Gasteiger partial charge on any atom is 0.230 e. The summed E-state index contributed by atoms with van der Waals surface area (Å²) in [5, 5.41) is 15.2. The molecule has 8 heteroatoms. The molecule has 0 amide bonds. The van der Waals surface area contributed by atoms with E-state index in [1.165, 1.54) is 21.4 Å². The number of aromatic nitrogens is 3. The van der Waals surface area contributed by atoms with Gasteiger partial charge in [0.2, 0.25) is 10.8 Å². The molecule has 0 aliphatic carbocycles. The van der Waals surface area contributed by atoms with Crippen molar-refractivity contribution in [3.63, 3.8) is 0 Å². The highest BCUT2D eigenvalue weighted by Gasteiger charge is 2.29. The third-order valence-electron chi connectivity index (χ3n) is 4.44. The van der Waals surface area contributed by atoms with Crippen molar-refractivity contribution in [2.45, 2.75) is 19.9 Å². The fraction of sp³-hybridized carbons (Fsp3) is 0.474. The number of benzene rings is 1. The average Bonchev–Trinajstić information content (AvgIpc) is 3.15. The van der Waals surface area contributed by atoms with Crippen molar-refractivity contribution in [1.29, 1.82) is 0 Å². The number of thiazole rings is 1. The summed E-state index contributed by atoms with van der Waals surface area (Å²) in [4.78, 5) is 8.19. The molecule has 2 heterocycles. The molecule has 0 aliphatic rings. The second kappa shape index (κ2) is 8.79. The number of methoxy groups -OCH3 is 2. The van der Waals surface area contributed by atoms with E-state index in [2.05, 4.69) is 40.1 Å². The Hall–Kier alpha value is -2.00. The SMILES string of the molecule is COCCN(CCOC)C(c1cccc(C)c1)c1sc2nc(C)nn2c1O. The number of fused-ring (bicyclic) bond motifs is 1. The van der Waals surface area contributed by atoms with Crippen LogP contribution in [0.2, 0.25) is 0 Å². The molecule has 0 saturated carbocycles. The van der Waals surface area contributed by atoms with Gasteiger partial charge in [-0.25, -0.2) is 4.98 Å². The molecule has 3 aromatic rings. The van der Waals surface area contributed by atoms with Gasteiger partial charge in [-0.05, 0) is 19.4 Å². The Morgan fingerprint density at radius 3 is 2.48 bits per heavy atom. The molecule has 1 unspecified atom stereocenters. The molecule has 7 nitrogen and oxygen atoms in total. The van der Waals surface area contributed by atoms with Crippen molar-refractivity contribution in [3.05, 3.63) is 46.1 Å². The van der Waals surface area contributed by atoms with Gasteiger partial charge >= 0.3 is 0 Å². The van der Waals surface area contributed by atoms with Crippen LogP contribution in [0.25, 0.3) is 4.96 Å². The normalized spacial score (nSPS) is 12.9. The molecular weight excluding hydrogens is 364 g/mol. The van der Waals surface area contributed by atoms with E-state index in [1.54, 1.807) is 14.2 Å². The van der Waals surface area contributed by atoms with Gasteiger partial charge in [0.05, 0.1) is 24.1 Å². The molecule has 0 saturated heterocycles. The maximum atomic E-state index is 10.9. The zero-order valence-corrected chi connectivity index (χ0v) is 17.0. The number of nitrogens with zero attached hydrogens (tertiary/aromatic N) is 4. The topological polar surface area (TPSA) is 72.1 Å². The summed E-state index contributed by atoms with van der Waals surface area (Å²) in [5.74, 6) is 0.785. The van der Waals surface area contributed by atoms with Crippen molar-refractivity contribution in [1.82, 2.24) is 19.5 Å². The number of aryl methyl sites for hydroxylation is 2. The zero-order valence-electron chi connectivity index (χ0n) is 16.2. The minimum Gasteiger partial charge on any atom is -0.492 e. The Kier molecular flexibility index (Phi) is 6.43. The zero-order chi connectivity index (χ0) is 19.4. The minimum absolute atomic E-state index is 0.135. The fourth-order valence-corrected chi connectivity index (χ4v) is 4.34. The van der Waals surface area contributed by atoms with Gasteiger partial charge in [-0.3, -0.25) is 4.90 Å². The smallest absolute Gasteiger partial charge is 0.230 e. The summed E-state index contributed by atoms with van der Waals surface area (Å²) < 4.78 is 12.1. The van der Waals surface area contributed by atoms with Crippen LogP contribution in [-0.2, 0) is 9.47 Å². The number of hydrogen-bond donors (Lipinski definition) is 1. The summed E-state index contributed by atoms with van der Waals surface area (Å²) in [6.07, 6.45) is 0. The standard InChI is InChI=1S/C19H26N4O3S/c1-13-6-5-7-15(12-13)16(22(8-10-25-3)9-11-26-4)17-18(24)23-19(27-17)20-14(2)21-23/h5-7,12,16,24H,8-11H2,1-4H3. The van der Waals surface area contributed by atoms with Crippen LogP contribution in [0.3, 0.4) is 0 Å². The molecule has 1 atom stereocenters. The Balaban J connectivity index is 2.09. The highest BCUT2D eigenvalue weighted by Crippen LogP contribution is 2.39. The highest BCUT2D eigenvalue weighted by atomic mass is 32.1. The molecule has 0 fully saturated rings. The lowest BCUT2D eigenvalue weighted by Crippen LogP contribution is -2.35. The molecule has 0 radical (unpaired) electrons. The van der Waals surface area contributed by atoms with Crippen LogP contribution in [0, 0.1) is 13.8 Å². The predicted molar refractivity (Wildman–Crippen MR) is 106 cm³/mol. The molecule has 3 rings (SSSR count). The van der Waals surface area contributed by atoms with E-state index in [1.807, 2.05) is 13.0 Å². The van der Waals surface area contributed by atoms with E-state index in [-0.39, 0.29) is 11.9 Å². The number of aromatic hydroxyl groups is 1. The van der Waals surface area contributed by atoms with Crippen molar-refractivity contribution >= 4 is 16.3 Å². The van der Waals surface area contributed by atoms with Crippen LogP contribution in [-0.4, -0.2) is 65.1 Å². The number of rotatable bonds is 9. The van der Waals surface area contributed by atoms with E-state index >= 15 is 0 Å². The van der Waals surface area contributed by atoms with Gasteiger partial charge in [-0.2, -0.15) is 4.52 Å². The second-order valence-electron chi connectivity index (χ2n) is 6.48. The Bertz CT molecular complexity index is 884. The van der Waals surface area contributed by atoms with Crippen molar-refractivity contribution in [2.24, 2.45) is 0 Å². The summed E-state index contributed by atoms with van der Waals surface area (Å²) in [5.41, 5.74) is 2.28. The van der Waals surface area contributed by atoms with Crippen molar-refractivity contribution in [2.75, 3.05) is 40.5 Å². The first-order valence-electron chi connectivity index (χ1n) is 8.88. The summed E-state index contributed by atoms with van der Waals surface area (Å²) in [6, 6.07) is 8.22. The predicted octanol–water partition coefficient (Wildman–Crippen LogP) is 2.80. The van der Waals surface area contributed by atoms with Crippen LogP contribution >= 0.6 is 11.3 Å². The summed E-state index contributed by atoms with van der Waals surface area (Å²) in [7, 11) is 3.39. The van der Waals surface area contributed by atoms with Crippen molar-refractivity contribution < 1.29 is 14.6 Å². The van der Waals surface area contributed by atoms with E-state index in [0.717, 1.165) is 10.4 Å². The third kappa shape index (κ3) is 4.30. The fourth-order valence-electron chi connectivity index (χ4n) is 3.18. The lowest BCUT2D eigenvalue weighted by molar-refractivity contribution is 0.0973. The van der Waals surface area contributed by atoms with Gasteiger partial charge in [-0.1, -0.05) is 41.2 Å². The van der Waals surface area contributed by atoms with Crippen LogP contribution in [0.4, 0.5) is 0 Å². The molecule has 146 valence electrons. The monoisotopic (exact) mass is 390 g/mol. The largest absolute Gasteiger partial charge is 0.492 e. The van der Waals surface area contributed by atoms with Crippen LogP contribution in [0.15, 0.2) is 24.3 Å². The summed E-state index contributed by atoms with van der Waals surface area (Å²) in [6.45, 7) is 6.50. The van der Waals surface area contributed by atoms with Crippen LogP contribution in [0.1, 0.15) is 27.9 Å². The molecular formula is C19H26N4O3S. The lowest BCUT2D eigenvalue weighted by atomic mass is 10.0. The van der Waals surface area contributed by atoms with Gasteiger partial charge in [0.25, 0.3) is 0 Å². The minimum atomic E-state index is -0.135. The maximum absolute atomic E-state index is 10.9. The molecule has 1 aromatic carbocycles. The van der Waals surface area contributed by atoms with Gasteiger partial charge in [0, 0.05) is 27.3 Å². The van der Waals surface area contributed by atoms with Gasteiger partial charge in [0.15, 0.2) is 0 Å².